The number of hydrogen-bond acceptors (Lipinski definition) is 3. The molecule has 0 spiro atoms. The van der Waals surface area contributed by atoms with E-state index in [0.717, 1.165) is 11.4 Å². The van der Waals surface area contributed by atoms with Crippen molar-refractivity contribution < 1.29 is 0 Å². The lowest BCUT2D eigenvalue weighted by Crippen LogP contribution is -1.79. The Morgan fingerprint density at radius 3 is 2.00 bits per heavy atom. The predicted molar refractivity (Wildman–Crippen MR) is 91.7 cm³/mol. The molecule has 0 aliphatic rings. The summed E-state index contributed by atoms with van der Waals surface area (Å²) in [6.07, 6.45) is 3.68. The number of thiophene rings is 2. The van der Waals surface area contributed by atoms with Crippen molar-refractivity contribution >= 4 is 22.7 Å². The molecule has 0 fully saturated rings. The van der Waals surface area contributed by atoms with Crippen molar-refractivity contribution in [2.24, 2.45) is 0 Å². The van der Waals surface area contributed by atoms with E-state index in [1.807, 2.05) is 36.5 Å². The number of nitrogens with zero attached hydrogens (tertiary/aromatic N) is 1. The maximum absolute atomic E-state index is 4.19. The third-order valence-corrected chi connectivity index (χ3v) is 4.76. The van der Waals surface area contributed by atoms with Crippen molar-refractivity contribution in [2.75, 3.05) is 0 Å². The molecular formula is C17H14N2S2. The summed E-state index contributed by atoms with van der Waals surface area (Å²) in [6.45, 7) is 0. The molecule has 4 aromatic rings. The lowest BCUT2D eigenvalue weighted by atomic mass is 10.3. The van der Waals surface area contributed by atoms with Crippen molar-refractivity contribution in [1.82, 2.24) is 9.97 Å². The van der Waals surface area contributed by atoms with Crippen LogP contribution >= 0.6 is 22.7 Å². The van der Waals surface area contributed by atoms with E-state index in [0.29, 0.717) is 0 Å². The summed E-state index contributed by atoms with van der Waals surface area (Å²) in [4.78, 5) is 10.0. The van der Waals surface area contributed by atoms with Crippen LogP contribution in [0.25, 0.3) is 21.1 Å². The maximum Gasteiger partial charge on any atom is 0.0864 e. The lowest BCUT2D eigenvalue weighted by molar-refractivity contribution is 1.28. The average Bonchev–Trinajstić information content (AvgIpc) is 3.29. The Labute approximate surface area is 131 Å². The van der Waals surface area contributed by atoms with Crippen LogP contribution in [0.3, 0.4) is 0 Å². The van der Waals surface area contributed by atoms with Gasteiger partial charge in [0.15, 0.2) is 0 Å². The van der Waals surface area contributed by atoms with E-state index in [1.54, 1.807) is 28.9 Å². The van der Waals surface area contributed by atoms with Crippen molar-refractivity contribution in [3.05, 3.63) is 77.8 Å². The Morgan fingerprint density at radius 1 is 0.762 bits per heavy atom. The minimum absolute atomic E-state index is 0.984. The van der Waals surface area contributed by atoms with Crippen molar-refractivity contribution in [1.29, 1.82) is 0 Å². The Hall–Kier alpha value is -2.17. The van der Waals surface area contributed by atoms with Gasteiger partial charge >= 0.3 is 0 Å². The van der Waals surface area contributed by atoms with Crippen LogP contribution in [-0.4, -0.2) is 9.97 Å². The Balaban J connectivity index is 0.000000126. The summed E-state index contributed by atoms with van der Waals surface area (Å²) in [6, 6.07) is 18.3. The average molecular weight is 310 g/mol. The second kappa shape index (κ2) is 7.02. The summed E-state index contributed by atoms with van der Waals surface area (Å²) in [5.41, 5.74) is 2.04. The van der Waals surface area contributed by atoms with Crippen LogP contribution < -0.4 is 0 Å². The molecule has 4 heterocycles. The van der Waals surface area contributed by atoms with Gasteiger partial charge < -0.3 is 4.98 Å². The number of rotatable bonds is 2. The molecule has 0 amide bonds. The van der Waals surface area contributed by atoms with Crippen molar-refractivity contribution in [3.63, 3.8) is 0 Å². The highest BCUT2D eigenvalue weighted by Gasteiger charge is 1.96. The normalized spacial score (nSPS) is 9.90. The summed E-state index contributed by atoms with van der Waals surface area (Å²) in [5, 5.41) is 4.21. The molecule has 0 aliphatic heterocycles. The zero-order valence-electron chi connectivity index (χ0n) is 11.3. The van der Waals surface area contributed by atoms with E-state index in [4.69, 9.17) is 0 Å². The molecule has 0 atom stereocenters. The monoisotopic (exact) mass is 310 g/mol. The molecule has 0 radical (unpaired) electrons. The Kier molecular flexibility index (Phi) is 4.61. The highest BCUT2D eigenvalue weighted by atomic mass is 32.1. The van der Waals surface area contributed by atoms with Crippen LogP contribution in [0.2, 0.25) is 0 Å². The third kappa shape index (κ3) is 3.68. The van der Waals surface area contributed by atoms with E-state index >= 15 is 0 Å². The topological polar surface area (TPSA) is 28.7 Å². The fraction of sp³-hybridized carbons (Fsp3) is 0. The minimum Gasteiger partial charge on any atom is -0.360 e. The van der Waals surface area contributed by atoms with Gasteiger partial charge in [0, 0.05) is 22.1 Å². The van der Waals surface area contributed by atoms with Crippen LogP contribution in [-0.2, 0) is 0 Å². The van der Waals surface area contributed by atoms with Gasteiger partial charge in [-0.05, 0) is 47.2 Å². The molecule has 1 N–H and O–H groups in total. The molecule has 104 valence electrons. The molecule has 4 heteroatoms. The number of H-pyrrole nitrogens is 1. The smallest absolute Gasteiger partial charge is 0.0864 e. The van der Waals surface area contributed by atoms with Crippen LogP contribution in [0.15, 0.2) is 77.8 Å². The maximum atomic E-state index is 4.19. The molecule has 21 heavy (non-hydrogen) atoms. The number of aromatic amines is 1. The molecule has 0 aromatic carbocycles. The van der Waals surface area contributed by atoms with Gasteiger partial charge in [0.2, 0.25) is 0 Å². The molecule has 0 aliphatic carbocycles. The minimum atomic E-state index is 0.984. The van der Waals surface area contributed by atoms with Crippen LogP contribution in [0.4, 0.5) is 0 Å². The quantitative estimate of drug-likeness (QED) is 0.516. The van der Waals surface area contributed by atoms with Gasteiger partial charge in [0.25, 0.3) is 0 Å². The molecular weight excluding hydrogens is 296 g/mol. The second-order valence-corrected chi connectivity index (χ2v) is 6.15. The van der Waals surface area contributed by atoms with Gasteiger partial charge in [-0.2, -0.15) is 0 Å². The number of hydrogen-bond donors (Lipinski definition) is 1. The molecule has 0 saturated carbocycles. The Morgan fingerprint density at radius 2 is 1.52 bits per heavy atom. The fourth-order valence-corrected chi connectivity index (χ4v) is 3.43. The summed E-state index contributed by atoms with van der Waals surface area (Å²) in [5.74, 6) is 0. The first-order chi connectivity index (χ1) is 10.4. The van der Waals surface area contributed by atoms with Gasteiger partial charge in [0.1, 0.15) is 0 Å². The molecule has 2 nitrogen and oxygen atoms in total. The van der Waals surface area contributed by atoms with E-state index in [2.05, 4.69) is 45.0 Å². The van der Waals surface area contributed by atoms with Gasteiger partial charge in [0.05, 0.1) is 11.4 Å². The van der Waals surface area contributed by atoms with E-state index in [-0.39, 0.29) is 0 Å². The first kappa shape index (κ1) is 13.8. The van der Waals surface area contributed by atoms with Gasteiger partial charge in [-0.3, -0.25) is 4.98 Å². The van der Waals surface area contributed by atoms with E-state index < -0.39 is 0 Å². The summed E-state index contributed by atoms with van der Waals surface area (Å²) >= 11 is 3.58. The molecule has 0 bridgehead atoms. The first-order valence-corrected chi connectivity index (χ1v) is 8.31. The Bertz CT molecular complexity index is 695. The van der Waals surface area contributed by atoms with Gasteiger partial charge in [-0.25, -0.2) is 0 Å². The van der Waals surface area contributed by atoms with Crippen LogP contribution in [0.1, 0.15) is 0 Å². The predicted octanol–water partition coefficient (Wildman–Crippen LogP) is 5.55. The van der Waals surface area contributed by atoms with Crippen LogP contribution in [0, 0.1) is 0 Å². The third-order valence-electron chi connectivity index (χ3n) is 2.82. The summed E-state index contributed by atoms with van der Waals surface area (Å²) < 4.78 is 0. The van der Waals surface area contributed by atoms with E-state index in [1.165, 1.54) is 9.75 Å². The lowest BCUT2D eigenvalue weighted by Gasteiger charge is -1.93. The number of aromatic nitrogens is 2. The molecule has 0 saturated heterocycles. The largest absolute Gasteiger partial charge is 0.360 e. The van der Waals surface area contributed by atoms with Crippen molar-refractivity contribution in [2.45, 2.75) is 0 Å². The summed E-state index contributed by atoms with van der Waals surface area (Å²) in [7, 11) is 0. The SMILES string of the molecule is c1ccc(-c2ccc[nH]2)nc1.c1csc(-c2cccs2)c1. The number of pyridine rings is 1. The van der Waals surface area contributed by atoms with Gasteiger partial charge in [-0.15, -0.1) is 22.7 Å². The van der Waals surface area contributed by atoms with Gasteiger partial charge in [-0.1, -0.05) is 18.2 Å². The molecule has 4 rings (SSSR count). The molecule has 0 unspecified atom stereocenters. The zero-order chi connectivity index (χ0) is 14.3. The fourth-order valence-electron chi connectivity index (χ4n) is 1.85. The highest BCUT2D eigenvalue weighted by molar-refractivity contribution is 7.20. The standard InChI is InChI=1S/C9H8N2.C8H6S2/c1-2-6-10-8(4-1)9-5-3-7-11-9;1-3-7(9-5-1)8-4-2-6-10-8/h1-7,11H;1-6H. The van der Waals surface area contributed by atoms with Crippen LogP contribution in [0.5, 0.6) is 0 Å². The zero-order valence-corrected chi connectivity index (χ0v) is 12.9. The van der Waals surface area contributed by atoms with Crippen molar-refractivity contribution in [3.8, 4) is 21.1 Å². The molecule has 4 aromatic heterocycles. The highest BCUT2D eigenvalue weighted by Crippen LogP contribution is 2.28. The second-order valence-electron chi connectivity index (χ2n) is 4.25. The number of nitrogens with one attached hydrogen (secondary N) is 1. The first-order valence-electron chi connectivity index (χ1n) is 6.55. The van der Waals surface area contributed by atoms with E-state index in [9.17, 15) is 0 Å².